The fourth-order valence-corrected chi connectivity index (χ4v) is 0.230. The number of rotatable bonds is 1. The molecule has 0 saturated heterocycles. The molecule has 39 valence electrons. The van der Waals surface area contributed by atoms with Crippen LogP contribution in [0.1, 0.15) is 8.29 Å². The van der Waals surface area contributed by atoms with Crippen LogP contribution < -0.4 is 0 Å². The zero-order chi connectivity index (χ0) is 6.95. The van der Waals surface area contributed by atoms with Crippen LogP contribution in [-0.4, -0.2) is 7.28 Å². The number of hydrogen-bond acceptors (Lipinski definition) is 0. The summed E-state index contributed by atoms with van der Waals surface area (Å²) >= 11 is 0. The van der Waals surface area contributed by atoms with E-state index in [4.69, 9.17) is 1.37 Å². The van der Waals surface area contributed by atoms with Crippen LogP contribution >= 0.6 is 0 Å². The molecule has 0 atom stereocenters. The molecule has 8 heavy (non-hydrogen) atoms. The van der Waals surface area contributed by atoms with Gasteiger partial charge >= 0.3 is 0 Å². The predicted octanol–water partition coefficient (Wildman–Crippen LogP) is 1.18. The quantitative estimate of drug-likeness (QED) is 0.266. The van der Waals surface area contributed by atoms with Gasteiger partial charge in [-0.15, -0.1) is 0 Å². The minimum absolute atomic E-state index is 0.342. The van der Waals surface area contributed by atoms with Crippen molar-refractivity contribution >= 4 is 7.28 Å². The summed E-state index contributed by atoms with van der Waals surface area (Å²) in [6, 6.07) is 0. The van der Waals surface area contributed by atoms with E-state index in [2.05, 4.69) is 23.7 Å². The molecule has 0 N–H and O–H groups in total. The molecule has 0 aromatic heterocycles. The van der Waals surface area contributed by atoms with Gasteiger partial charge in [-0.25, -0.2) is 0 Å². The Hall–Kier alpha value is -0.815. The summed E-state index contributed by atoms with van der Waals surface area (Å²) in [6.45, 7) is 2.09. The summed E-state index contributed by atoms with van der Waals surface area (Å²) in [5, 5.41) is 0. The van der Waals surface area contributed by atoms with Crippen molar-refractivity contribution in [3.05, 3.63) is 0 Å². The predicted molar refractivity (Wildman–Crippen MR) is 37.7 cm³/mol. The van der Waals surface area contributed by atoms with Crippen molar-refractivity contribution in [2.45, 2.75) is 20.0 Å². The SMILES string of the molecule is [2H]C[B]CC#CC#CC. The topological polar surface area (TPSA) is 0 Å². The molecule has 0 fully saturated rings. The zero-order valence-electron chi connectivity index (χ0n) is 5.99. The van der Waals surface area contributed by atoms with E-state index >= 15 is 0 Å². The molecule has 0 nitrogen and oxygen atoms in total. The number of hydrogen-bond donors (Lipinski definition) is 0. The first-order chi connectivity index (χ1) is 4.41. The van der Waals surface area contributed by atoms with Gasteiger partial charge in [-0.05, 0) is 25.1 Å². The van der Waals surface area contributed by atoms with Gasteiger partial charge in [-0.2, -0.15) is 0 Å². The minimum atomic E-state index is 0.342. The highest BCUT2D eigenvalue weighted by molar-refractivity contribution is 6.34. The Morgan fingerprint density at radius 3 is 3.12 bits per heavy atom. The third kappa shape index (κ3) is 5.18. The van der Waals surface area contributed by atoms with Crippen LogP contribution in [0.15, 0.2) is 0 Å². The van der Waals surface area contributed by atoms with Gasteiger partial charge in [0.2, 0.25) is 0 Å². The molecule has 0 heterocycles. The highest BCUT2D eigenvalue weighted by Crippen LogP contribution is 1.69. The molecule has 0 aromatic carbocycles. The Labute approximate surface area is 53.3 Å². The standard InChI is InChI=1S/C7H8B/c1-3-4-5-6-7-8-2/h7H2,1-2H3/i2D. The van der Waals surface area contributed by atoms with E-state index in [-0.39, 0.29) is 0 Å². The van der Waals surface area contributed by atoms with Crippen molar-refractivity contribution in [2.75, 3.05) is 0 Å². The van der Waals surface area contributed by atoms with Crippen molar-refractivity contribution in [1.82, 2.24) is 0 Å². The average molecular weight is 104 g/mol. The van der Waals surface area contributed by atoms with Crippen LogP contribution in [0.5, 0.6) is 0 Å². The first-order valence-electron chi connectivity index (χ1n) is 3.13. The van der Waals surface area contributed by atoms with E-state index in [0.29, 0.717) is 13.1 Å². The lowest BCUT2D eigenvalue weighted by Gasteiger charge is -1.68. The van der Waals surface area contributed by atoms with Gasteiger partial charge < -0.3 is 0 Å². The van der Waals surface area contributed by atoms with Crippen LogP contribution in [0.4, 0.5) is 0 Å². The van der Waals surface area contributed by atoms with Crippen molar-refractivity contribution in [2.24, 2.45) is 0 Å². The molecule has 0 rings (SSSR count). The molecule has 0 spiro atoms. The van der Waals surface area contributed by atoms with Crippen molar-refractivity contribution in [3.63, 3.8) is 0 Å². The van der Waals surface area contributed by atoms with Gasteiger partial charge in [0.15, 0.2) is 0 Å². The van der Waals surface area contributed by atoms with Crippen LogP contribution in [-0.2, 0) is 0 Å². The molecule has 1 heteroatoms. The molecular weight excluding hydrogens is 94.9 g/mol. The van der Waals surface area contributed by atoms with Gasteiger partial charge in [0.1, 0.15) is 7.28 Å². The third-order valence-electron chi connectivity index (χ3n) is 0.522. The molecule has 0 aliphatic carbocycles. The Morgan fingerprint density at radius 1 is 1.62 bits per heavy atom. The molecule has 0 aliphatic heterocycles. The van der Waals surface area contributed by atoms with E-state index < -0.39 is 0 Å². The van der Waals surface area contributed by atoms with Gasteiger partial charge in [0.05, 0.1) is 0 Å². The lowest BCUT2D eigenvalue weighted by Crippen LogP contribution is -1.72. The van der Waals surface area contributed by atoms with Gasteiger partial charge in [0.25, 0.3) is 0 Å². The molecule has 1 radical (unpaired) electrons. The fraction of sp³-hybridized carbons (Fsp3) is 0.429. The Balaban J connectivity index is 3.23. The molecule has 0 amide bonds. The Kier molecular flexibility index (Phi) is 4.12. The van der Waals surface area contributed by atoms with Crippen LogP contribution in [0.3, 0.4) is 0 Å². The van der Waals surface area contributed by atoms with E-state index in [1.807, 2.05) is 0 Å². The monoisotopic (exact) mass is 104 g/mol. The van der Waals surface area contributed by atoms with Crippen LogP contribution in [0, 0.1) is 23.7 Å². The van der Waals surface area contributed by atoms with Gasteiger partial charge in [-0.3, -0.25) is 0 Å². The minimum Gasteiger partial charge on any atom is -0.0979 e. The molecule has 0 aliphatic rings. The van der Waals surface area contributed by atoms with Crippen molar-refractivity contribution < 1.29 is 1.37 Å². The fourth-order valence-electron chi connectivity index (χ4n) is 0.230. The maximum absolute atomic E-state index is 6.72. The van der Waals surface area contributed by atoms with E-state index in [1.54, 1.807) is 14.2 Å². The zero-order valence-corrected chi connectivity index (χ0v) is 4.99. The maximum atomic E-state index is 6.72. The van der Waals surface area contributed by atoms with E-state index in [0.717, 1.165) is 0 Å². The Bertz CT molecular complexity index is 165. The summed E-state index contributed by atoms with van der Waals surface area (Å²) in [4.78, 5) is 0. The lowest BCUT2D eigenvalue weighted by molar-refractivity contribution is 1.80. The highest BCUT2D eigenvalue weighted by Gasteiger charge is 1.68. The second-order valence-corrected chi connectivity index (χ2v) is 1.17. The van der Waals surface area contributed by atoms with Crippen LogP contribution in [0.25, 0.3) is 0 Å². The average Bonchev–Trinajstić information content (AvgIpc) is 1.89. The third-order valence-corrected chi connectivity index (χ3v) is 0.522. The molecule has 0 unspecified atom stereocenters. The summed E-state index contributed by atoms with van der Waals surface area (Å²) in [7, 11) is 1.80. The second-order valence-electron chi connectivity index (χ2n) is 1.17. The Morgan fingerprint density at radius 2 is 2.50 bits per heavy atom. The van der Waals surface area contributed by atoms with Crippen molar-refractivity contribution in [1.29, 1.82) is 0 Å². The van der Waals surface area contributed by atoms with Crippen LogP contribution in [0.2, 0.25) is 13.1 Å². The molecule has 0 bridgehead atoms. The highest BCUT2D eigenvalue weighted by atomic mass is 13.5. The molecule has 0 aromatic rings. The summed E-state index contributed by atoms with van der Waals surface area (Å²) in [5.74, 6) is 10.7. The lowest BCUT2D eigenvalue weighted by atomic mass is 9.79. The summed E-state index contributed by atoms with van der Waals surface area (Å²) in [6.07, 6.45) is 0.679. The summed E-state index contributed by atoms with van der Waals surface area (Å²) in [5.41, 5.74) is 0. The van der Waals surface area contributed by atoms with Gasteiger partial charge in [0, 0.05) is 1.37 Å². The first kappa shape index (κ1) is 5.32. The summed E-state index contributed by atoms with van der Waals surface area (Å²) < 4.78 is 6.72. The largest absolute Gasteiger partial charge is 0.122 e. The second kappa shape index (κ2) is 6.18. The maximum Gasteiger partial charge on any atom is 0.122 e. The van der Waals surface area contributed by atoms with Crippen molar-refractivity contribution in [3.8, 4) is 23.7 Å². The van der Waals surface area contributed by atoms with E-state index in [9.17, 15) is 0 Å². The molecule has 0 saturated carbocycles. The van der Waals surface area contributed by atoms with E-state index in [1.165, 1.54) is 0 Å². The normalized spacial score (nSPS) is 6.88. The van der Waals surface area contributed by atoms with Gasteiger partial charge in [-0.1, -0.05) is 18.6 Å². The molecular formula is C7H8B. The first-order valence-corrected chi connectivity index (χ1v) is 2.42. The smallest absolute Gasteiger partial charge is 0.0979 e.